The van der Waals surface area contributed by atoms with Crippen LogP contribution in [0.5, 0.6) is 0 Å². The van der Waals surface area contributed by atoms with Gasteiger partial charge < -0.3 is 10.8 Å². The van der Waals surface area contributed by atoms with E-state index in [9.17, 15) is 5.11 Å². The lowest BCUT2D eigenvalue weighted by atomic mass is 9.95. The number of hydrogen-bond donors (Lipinski definition) is 2. The van der Waals surface area contributed by atoms with Crippen LogP contribution in [-0.4, -0.2) is 16.1 Å². The van der Waals surface area contributed by atoms with E-state index in [0.717, 1.165) is 5.56 Å². The van der Waals surface area contributed by atoms with Gasteiger partial charge in [0.05, 0.1) is 5.69 Å². The summed E-state index contributed by atoms with van der Waals surface area (Å²) in [4.78, 5) is 4.15. The van der Waals surface area contributed by atoms with E-state index in [0.29, 0.717) is 5.69 Å². The van der Waals surface area contributed by atoms with Gasteiger partial charge in [-0.05, 0) is 24.5 Å². The van der Waals surface area contributed by atoms with Crippen molar-refractivity contribution in [1.29, 1.82) is 0 Å². The van der Waals surface area contributed by atoms with Crippen LogP contribution in [0.1, 0.15) is 31.2 Å². The van der Waals surface area contributed by atoms with Gasteiger partial charge in [0.25, 0.3) is 0 Å². The Morgan fingerprint density at radius 1 is 1.43 bits per heavy atom. The molecule has 0 unspecified atom stereocenters. The molecule has 0 bridgehead atoms. The summed E-state index contributed by atoms with van der Waals surface area (Å²) in [5, 5.41) is 9.95. The SMILES string of the molecule is Cc1cccnc1[C@@H](O)[C@H](N)C(C)C. The van der Waals surface area contributed by atoms with Gasteiger partial charge >= 0.3 is 0 Å². The van der Waals surface area contributed by atoms with Crippen molar-refractivity contribution in [3.05, 3.63) is 29.6 Å². The zero-order valence-electron chi connectivity index (χ0n) is 8.94. The van der Waals surface area contributed by atoms with Crippen LogP contribution < -0.4 is 5.73 Å². The van der Waals surface area contributed by atoms with Crippen LogP contribution in [0.2, 0.25) is 0 Å². The molecule has 2 atom stereocenters. The second-order valence-corrected chi connectivity index (χ2v) is 3.97. The maximum absolute atomic E-state index is 9.95. The molecule has 1 heterocycles. The van der Waals surface area contributed by atoms with E-state index >= 15 is 0 Å². The quantitative estimate of drug-likeness (QED) is 0.764. The van der Waals surface area contributed by atoms with Crippen LogP contribution in [0.3, 0.4) is 0 Å². The molecule has 0 spiro atoms. The molecule has 0 aliphatic heterocycles. The number of aromatic nitrogens is 1. The minimum absolute atomic E-state index is 0.242. The normalized spacial score (nSPS) is 15.6. The molecule has 3 heteroatoms. The van der Waals surface area contributed by atoms with Crippen molar-refractivity contribution in [3.63, 3.8) is 0 Å². The number of nitrogens with zero attached hydrogens (tertiary/aromatic N) is 1. The first-order valence-corrected chi connectivity index (χ1v) is 4.89. The number of hydrogen-bond acceptors (Lipinski definition) is 3. The van der Waals surface area contributed by atoms with Gasteiger partial charge in [0.2, 0.25) is 0 Å². The summed E-state index contributed by atoms with van der Waals surface area (Å²) in [5.41, 5.74) is 7.54. The molecule has 0 aliphatic rings. The van der Waals surface area contributed by atoms with Gasteiger partial charge in [0.15, 0.2) is 0 Å². The molecule has 0 radical (unpaired) electrons. The van der Waals surface area contributed by atoms with E-state index in [-0.39, 0.29) is 12.0 Å². The predicted molar refractivity (Wildman–Crippen MR) is 56.7 cm³/mol. The van der Waals surface area contributed by atoms with Gasteiger partial charge in [-0.1, -0.05) is 19.9 Å². The lowest BCUT2D eigenvalue weighted by Crippen LogP contribution is -2.34. The smallest absolute Gasteiger partial charge is 0.111 e. The molecule has 78 valence electrons. The Labute approximate surface area is 85.0 Å². The zero-order valence-corrected chi connectivity index (χ0v) is 8.94. The van der Waals surface area contributed by atoms with Crippen molar-refractivity contribution < 1.29 is 5.11 Å². The molecule has 0 aliphatic carbocycles. The number of pyridine rings is 1. The van der Waals surface area contributed by atoms with E-state index < -0.39 is 6.10 Å². The number of aryl methyl sites for hydroxylation is 1. The molecule has 1 aromatic heterocycles. The first kappa shape index (κ1) is 11.1. The Balaban J connectivity index is 2.89. The number of aliphatic hydroxyl groups excluding tert-OH is 1. The van der Waals surface area contributed by atoms with Crippen LogP contribution in [0.25, 0.3) is 0 Å². The first-order chi connectivity index (χ1) is 6.54. The van der Waals surface area contributed by atoms with Crippen molar-refractivity contribution >= 4 is 0 Å². The van der Waals surface area contributed by atoms with Crippen molar-refractivity contribution in [3.8, 4) is 0 Å². The summed E-state index contributed by atoms with van der Waals surface area (Å²) in [6.07, 6.45) is 1.01. The first-order valence-electron chi connectivity index (χ1n) is 4.89. The fourth-order valence-corrected chi connectivity index (χ4v) is 1.35. The highest BCUT2D eigenvalue weighted by molar-refractivity contribution is 5.21. The number of aliphatic hydroxyl groups is 1. The molecule has 0 amide bonds. The summed E-state index contributed by atoms with van der Waals surface area (Å²) in [5.74, 6) is 0.242. The Hall–Kier alpha value is -0.930. The second-order valence-electron chi connectivity index (χ2n) is 3.97. The lowest BCUT2D eigenvalue weighted by molar-refractivity contribution is 0.121. The highest BCUT2D eigenvalue weighted by atomic mass is 16.3. The molecule has 3 nitrogen and oxygen atoms in total. The summed E-state index contributed by atoms with van der Waals surface area (Å²) < 4.78 is 0. The highest BCUT2D eigenvalue weighted by Gasteiger charge is 2.22. The molecule has 3 N–H and O–H groups in total. The average molecular weight is 194 g/mol. The van der Waals surface area contributed by atoms with Gasteiger partial charge in [-0.3, -0.25) is 4.98 Å². The average Bonchev–Trinajstić information content (AvgIpc) is 2.16. The van der Waals surface area contributed by atoms with Crippen molar-refractivity contribution in [1.82, 2.24) is 4.98 Å². The maximum atomic E-state index is 9.95. The van der Waals surface area contributed by atoms with Gasteiger partial charge in [0.1, 0.15) is 6.10 Å². The molecule has 1 aromatic rings. The Morgan fingerprint density at radius 2 is 2.07 bits per heavy atom. The third kappa shape index (κ3) is 2.30. The largest absolute Gasteiger partial charge is 0.385 e. The van der Waals surface area contributed by atoms with Gasteiger partial charge in [-0.25, -0.2) is 0 Å². The minimum atomic E-state index is -0.670. The number of nitrogens with two attached hydrogens (primary N) is 1. The van der Waals surface area contributed by atoms with E-state index in [1.54, 1.807) is 6.20 Å². The summed E-state index contributed by atoms with van der Waals surface area (Å²) in [6, 6.07) is 3.52. The third-order valence-corrected chi connectivity index (χ3v) is 2.46. The molecule has 0 saturated heterocycles. The van der Waals surface area contributed by atoms with E-state index in [2.05, 4.69) is 4.98 Å². The van der Waals surface area contributed by atoms with Gasteiger partial charge in [-0.2, -0.15) is 0 Å². The molecular formula is C11H18N2O. The summed E-state index contributed by atoms with van der Waals surface area (Å²) in [7, 11) is 0. The lowest BCUT2D eigenvalue weighted by Gasteiger charge is -2.22. The Bertz CT molecular complexity index is 299. The fourth-order valence-electron chi connectivity index (χ4n) is 1.35. The molecule has 0 fully saturated rings. The standard InChI is InChI=1S/C11H18N2O/c1-7(2)9(12)11(14)10-8(3)5-4-6-13-10/h4-7,9,11,14H,12H2,1-3H3/t9-,11+/m1/s1. The monoisotopic (exact) mass is 194 g/mol. The highest BCUT2D eigenvalue weighted by Crippen LogP contribution is 2.20. The predicted octanol–water partition coefficient (Wildman–Crippen LogP) is 1.41. The zero-order chi connectivity index (χ0) is 10.7. The maximum Gasteiger partial charge on any atom is 0.111 e. The summed E-state index contributed by atoms with van der Waals surface area (Å²) in [6.45, 7) is 5.91. The van der Waals surface area contributed by atoms with E-state index in [1.165, 1.54) is 0 Å². The minimum Gasteiger partial charge on any atom is -0.385 e. The number of rotatable bonds is 3. The van der Waals surface area contributed by atoms with Crippen molar-refractivity contribution in [2.24, 2.45) is 11.7 Å². The van der Waals surface area contributed by atoms with Crippen LogP contribution in [-0.2, 0) is 0 Å². The summed E-state index contributed by atoms with van der Waals surface area (Å²) >= 11 is 0. The fraction of sp³-hybridized carbons (Fsp3) is 0.545. The van der Waals surface area contributed by atoms with Crippen molar-refractivity contribution in [2.75, 3.05) is 0 Å². The molecular weight excluding hydrogens is 176 g/mol. The van der Waals surface area contributed by atoms with E-state index in [4.69, 9.17) is 5.73 Å². The third-order valence-electron chi connectivity index (χ3n) is 2.46. The van der Waals surface area contributed by atoms with Gasteiger partial charge in [-0.15, -0.1) is 0 Å². The second kappa shape index (κ2) is 4.53. The molecule has 1 rings (SSSR count). The topological polar surface area (TPSA) is 59.1 Å². The Morgan fingerprint density at radius 3 is 2.57 bits per heavy atom. The molecule has 14 heavy (non-hydrogen) atoms. The Kier molecular flexibility index (Phi) is 3.61. The van der Waals surface area contributed by atoms with Crippen LogP contribution in [0.15, 0.2) is 18.3 Å². The molecule has 0 aromatic carbocycles. The molecule has 0 saturated carbocycles. The van der Waals surface area contributed by atoms with Crippen molar-refractivity contribution in [2.45, 2.75) is 32.9 Å². The van der Waals surface area contributed by atoms with Gasteiger partial charge in [0, 0.05) is 12.2 Å². The van der Waals surface area contributed by atoms with E-state index in [1.807, 2.05) is 32.9 Å². The van der Waals surface area contributed by atoms with Crippen LogP contribution in [0, 0.1) is 12.8 Å². The van der Waals surface area contributed by atoms with Crippen LogP contribution in [0.4, 0.5) is 0 Å². The van der Waals surface area contributed by atoms with Crippen LogP contribution >= 0.6 is 0 Å².